The van der Waals surface area contributed by atoms with E-state index in [1.165, 1.54) is 0 Å². The first-order valence-corrected chi connectivity index (χ1v) is 6.71. The molecule has 0 atom stereocenters. The summed E-state index contributed by atoms with van der Waals surface area (Å²) in [5.74, 6) is -1.68. The van der Waals surface area contributed by atoms with Gasteiger partial charge in [-0.15, -0.1) is 0 Å². The molecule has 0 fully saturated rings. The van der Waals surface area contributed by atoms with Crippen LogP contribution in [0.5, 0.6) is 5.75 Å². The van der Waals surface area contributed by atoms with E-state index in [1.807, 2.05) is 25.3 Å². The number of ketones is 1. The summed E-state index contributed by atoms with van der Waals surface area (Å²) in [4.78, 5) is 12.2. The number of aromatic nitrogens is 1. The van der Waals surface area contributed by atoms with Crippen molar-refractivity contribution in [1.82, 2.24) is 4.57 Å². The minimum Gasteiger partial charge on any atom is -0.485 e. The van der Waals surface area contributed by atoms with Crippen LogP contribution in [0.15, 0.2) is 24.3 Å². The first kappa shape index (κ1) is 15.2. The van der Waals surface area contributed by atoms with Gasteiger partial charge in [0.2, 0.25) is 5.78 Å². The number of carbonyl (C=O) groups excluding carboxylic acids is 1. The smallest absolute Gasteiger partial charge is 0.202 e. The van der Waals surface area contributed by atoms with Crippen LogP contribution in [-0.2, 0) is 6.54 Å². The summed E-state index contributed by atoms with van der Waals surface area (Å²) in [6.07, 6.45) is 0. The van der Waals surface area contributed by atoms with Crippen molar-refractivity contribution >= 4 is 5.78 Å². The Morgan fingerprint density at radius 2 is 1.76 bits per heavy atom. The molecule has 0 aliphatic rings. The molecule has 2 aromatic rings. The van der Waals surface area contributed by atoms with Gasteiger partial charge in [0.25, 0.3) is 0 Å². The second-order valence-corrected chi connectivity index (χ2v) is 4.85. The fourth-order valence-corrected chi connectivity index (χ4v) is 2.41. The Morgan fingerprint density at radius 1 is 1.14 bits per heavy atom. The second-order valence-electron chi connectivity index (χ2n) is 4.85. The maximum atomic E-state index is 13.0. The van der Waals surface area contributed by atoms with Gasteiger partial charge in [-0.1, -0.05) is 0 Å². The Hall–Kier alpha value is -2.17. The summed E-state index contributed by atoms with van der Waals surface area (Å²) in [7, 11) is 0. The van der Waals surface area contributed by atoms with Crippen LogP contribution in [0.1, 0.15) is 28.7 Å². The summed E-state index contributed by atoms with van der Waals surface area (Å²) in [6.45, 7) is 6.32. The molecule has 0 spiro atoms. The molecule has 21 heavy (non-hydrogen) atoms. The first-order chi connectivity index (χ1) is 9.92. The lowest BCUT2D eigenvalue weighted by Crippen LogP contribution is -2.13. The quantitative estimate of drug-likeness (QED) is 0.788. The van der Waals surface area contributed by atoms with Crippen LogP contribution in [0.25, 0.3) is 0 Å². The summed E-state index contributed by atoms with van der Waals surface area (Å²) >= 11 is 0. The van der Waals surface area contributed by atoms with Crippen LogP contribution in [-0.4, -0.2) is 17.0 Å². The summed E-state index contributed by atoms with van der Waals surface area (Å²) in [5.41, 5.74) is 2.44. The Morgan fingerprint density at radius 3 is 2.29 bits per heavy atom. The zero-order chi connectivity index (χ0) is 15.6. The van der Waals surface area contributed by atoms with Crippen molar-refractivity contribution in [3.63, 3.8) is 0 Å². The van der Waals surface area contributed by atoms with E-state index in [-0.39, 0.29) is 18.1 Å². The van der Waals surface area contributed by atoms with Gasteiger partial charge in [-0.3, -0.25) is 4.79 Å². The molecule has 0 saturated heterocycles. The van der Waals surface area contributed by atoms with Gasteiger partial charge in [0, 0.05) is 41.7 Å². The van der Waals surface area contributed by atoms with E-state index in [0.29, 0.717) is 5.56 Å². The molecule has 3 nitrogen and oxygen atoms in total. The largest absolute Gasteiger partial charge is 0.485 e. The van der Waals surface area contributed by atoms with Crippen molar-refractivity contribution in [3.05, 3.63) is 52.9 Å². The highest BCUT2D eigenvalue weighted by Gasteiger charge is 2.15. The highest BCUT2D eigenvalue weighted by molar-refractivity contribution is 5.98. The highest BCUT2D eigenvalue weighted by Crippen LogP contribution is 2.18. The Bertz CT molecular complexity index is 657. The van der Waals surface area contributed by atoms with E-state index in [0.717, 1.165) is 36.1 Å². The van der Waals surface area contributed by atoms with Crippen molar-refractivity contribution in [2.75, 3.05) is 6.61 Å². The topological polar surface area (TPSA) is 31.2 Å². The van der Waals surface area contributed by atoms with Crippen molar-refractivity contribution in [3.8, 4) is 5.75 Å². The van der Waals surface area contributed by atoms with E-state index in [1.54, 1.807) is 6.07 Å². The van der Waals surface area contributed by atoms with E-state index in [4.69, 9.17) is 4.74 Å². The average Bonchev–Trinajstić information content (AvgIpc) is 2.70. The van der Waals surface area contributed by atoms with E-state index in [9.17, 15) is 13.6 Å². The summed E-state index contributed by atoms with van der Waals surface area (Å²) in [5, 5.41) is 0. The minimum absolute atomic E-state index is 0.00477. The molecular weight excluding hydrogens is 276 g/mol. The second kappa shape index (κ2) is 6.08. The standard InChI is InChI=1S/C16H17F2NO2/c1-4-19-10(2)5-15(11(19)3)16(20)9-21-14-7-12(17)6-13(18)8-14/h5-8H,4,9H2,1-3H3. The molecule has 0 radical (unpaired) electrons. The number of carbonyl (C=O) groups is 1. The molecule has 0 N–H and O–H groups in total. The predicted molar refractivity (Wildman–Crippen MR) is 75.8 cm³/mol. The van der Waals surface area contributed by atoms with Crippen LogP contribution in [0.2, 0.25) is 0 Å². The van der Waals surface area contributed by atoms with Crippen LogP contribution in [0.4, 0.5) is 8.78 Å². The molecule has 1 aromatic carbocycles. The lowest BCUT2D eigenvalue weighted by atomic mass is 10.1. The fraction of sp³-hybridized carbons (Fsp3) is 0.312. The van der Waals surface area contributed by atoms with E-state index < -0.39 is 11.6 Å². The molecule has 2 rings (SSSR count). The van der Waals surface area contributed by atoms with Gasteiger partial charge in [0.05, 0.1) is 0 Å². The van der Waals surface area contributed by atoms with E-state index >= 15 is 0 Å². The molecule has 1 heterocycles. The predicted octanol–water partition coefficient (Wildman–Crippen LogP) is 3.66. The molecule has 0 amide bonds. The third-order valence-electron chi connectivity index (χ3n) is 3.40. The Kier molecular flexibility index (Phi) is 4.40. The molecule has 0 saturated carbocycles. The highest BCUT2D eigenvalue weighted by atomic mass is 19.1. The first-order valence-electron chi connectivity index (χ1n) is 6.71. The number of halogens is 2. The summed E-state index contributed by atoms with van der Waals surface area (Å²) in [6, 6.07) is 4.65. The lowest BCUT2D eigenvalue weighted by molar-refractivity contribution is 0.0920. The van der Waals surface area contributed by atoms with Gasteiger partial charge in [-0.05, 0) is 26.8 Å². The molecule has 5 heteroatoms. The van der Waals surface area contributed by atoms with Crippen molar-refractivity contribution < 1.29 is 18.3 Å². The Balaban J connectivity index is 2.12. The minimum atomic E-state index is -0.735. The van der Waals surface area contributed by atoms with Crippen molar-refractivity contribution in [2.24, 2.45) is 0 Å². The zero-order valence-corrected chi connectivity index (χ0v) is 12.2. The zero-order valence-electron chi connectivity index (χ0n) is 12.2. The molecule has 1 aromatic heterocycles. The number of hydrogen-bond acceptors (Lipinski definition) is 2. The number of ether oxygens (including phenoxy) is 1. The summed E-state index contributed by atoms with van der Waals surface area (Å²) < 4.78 is 33.3. The van der Waals surface area contributed by atoms with Crippen LogP contribution in [0.3, 0.4) is 0 Å². The number of nitrogens with zero attached hydrogens (tertiary/aromatic N) is 1. The van der Waals surface area contributed by atoms with Gasteiger partial charge in [0.15, 0.2) is 6.61 Å². The lowest BCUT2D eigenvalue weighted by Gasteiger charge is -2.07. The number of hydrogen-bond donors (Lipinski definition) is 0. The molecule has 0 aliphatic heterocycles. The third-order valence-corrected chi connectivity index (χ3v) is 3.40. The van der Waals surface area contributed by atoms with Crippen LogP contribution >= 0.6 is 0 Å². The normalized spacial score (nSPS) is 10.7. The van der Waals surface area contributed by atoms with Gasteiger partial charge in [0.1, 0.15) is 17.4 Å². The maximum Gasteiger partial charge on any atom is 0.202 e. The molecule has 0 aliphatic carbocycles. The van der Waals surface area contributed by atoms with Crippen LogP contribution in [0, 0.1) is 25.5 Å². The molecule has 0 bridgehead atoms. The van der Waals surface area contributed by atoms with E-state index in [2.05, 4.69) is 0 Å². The molecule has 0 unspecified atom stereocenters. The van der Waals surface area contributed by atoms with Gasteiger partial charge < -0.3 is 9.30 Å². The number of rotatable bonds is 5. The average molecular weight is 293 g/mol. The number of Topliss-reactive ketones (excluding diaryl/α,β-unsaturated/α-hetero) is 1. The van der Waals surface area contributed by atoms with Gasteiger partial charge >= 0.3 is 0 Å². The van der Waals surface area contributed by atoms with Crippen molar-refractivity contribution in [1.29, 1.82) is 0 Å². The monoisotopic (exact) mass is 293 g/mol. The SMILES string of the molecule is CCn1c(C)cc(C(=O)COc2cc(F)cc(F)c2)c1C. The van der Waals surface area contributed by atoms with Gasteiger partial charge in [-0.2, -0.15) is 0 Å². The Labute approximate surface area is 122 Å². The fourth-order valence-electron chi connectivity index (χ4n) is 2.41. The van der Waals surface area contributed by atoms with Gasteiger partial charge in [-0.25, -0.2) is 8.78 Å². The molecule has 112 valence electrons. The number of benzene rings is 1. The maximum absolute atomic E-state index is 13.0. The molecular formula is C16H17F2NO2. The van der Waals surface area contributed by atoms with Crippen LogP contribution < -0.4 is 4.74 Å². The third kappa shape index (κ3) is 3.29. The van der Waals surface area contributed by atoms with Crippen molar-refractivity contribution in [2.45, 2.75) is 27.3 Å². The number of aryl methyl sites for hydroxylation is 1.